The molecule has 2 aliphatic heterocycles. The van der Waals surface area contributed by atoms with E-state index in [1.807, 2.05) is 18.3 Å². The summed E-state index contributed by atoms with van der Waals surface area (Å²) in [7, 11) is 0. The van der Waals surface area contributed by atoms with E-state index in [2.05, 4.69) is 26.6 Å². The molecule has 2 aliphatic rings. The van der Waals surface area contributed by atoms with Crippen LogP contribution in [0.4, 0.5) is 5.82 Å². The van der Waals surface area contributed by atoms with Crippen molar-refractivity contribution in [2.24, 2.45) is 5.92 Å². The van der Waals surface area contributed by atoms with Crippen LogP contribution in [0.2, 0.25) is 0 Å². The molecule has 1 amide bonds. The van der Waals surface area contributed by atoms with Crippen LogP contribution in [0.15, 0.2) is 24.4 Å². The molecule has 2 fully saturated rings. The van der Waals surface area contributed by atoms with Crippen molar-refractivity contribution in [2.45, 2.75) is 44.6 Å². The Morgan fingerprint density at radius 1 is 1.16 bits per heavy atom. The molecule has 1 aromatic rings. The molecule has 3 rings (SSSR count). The Hall–Kier alpha value is -1.04. The fourth-order valence-corrected chi connectivity index (χ4v) is 3.60. The highest BCUT2D eigenvalue weighted by Crippen LogP contribution is 2.19. The number of pyridine rings is 1. The number of nitrogens with one attached hydrogen (secondary N) is 2. The van der Waals surface area contributed by atoms with Gasteiger partial charge in [0.05, 0.1) is 0 Å². The molecule has 0 radical (unpaired) electrons. The predicted molar refractivity (Wildman–Crippen MR) is 107 cm³/mol. The van der Waals surface area contributed by atoms with Gasteiger partial charge in [-0.15, -0.1) is 24.8 Å². The maximum atomic E-state index is 12.2. The van der Waals surface area contributed by atoms with E-state index in [9.17, 15) is 4.79 Å². The van der Waals surface area contributed by atoms with Crippen LogP contribution in [-0.4, -0.2) is 43.1 Å². The number of rotatable bonds is 5. The first kappa shape index (κ1) is 22.0. The van der Waals surface area contributed by atoms with E-state index in [-0.39, 0.29) is 30.7 Å². The lowest BCUT2D eigenvalue weighted by atomic mass is 9.93. The van der Waals surface area contributed by atoms with E-state index in [1.54, 1.807) is 0 Å². The summed E-state index contributed by atoms with van der Waals surface area (Å²) in [4.78, 5) is 18.9. The highest BCUT2D eigenvalue weighted by Gasteiger charge is 2.22. The zero-order valence-corrected chi connectivity index (χ0v) is 16.3. The van der Waals surface area contributed by atoms with E-state index in [0.29, 0.717) is 12.5 Å². The molecule has 142 valence electrons. The lowest BCUT2D eigenvalue weighted by Crippen LogP contribution is -2.45. The second-order valence-corrected chi connectivity index (χ2v) is 6.75. The number of halogens is 2. The molecule has 0 atom stereocenters. The van der Waals surface area contributed by atoms with Gasteiger partial charge in [-0.1, -0.05) is 6.07 Å². The quantitative estimate of drug-likeness (QED) is 0.813. The van der Waals surface area contributed by atoms with Crippen molar-refractivity contribution in [3.63, 3.8) is 0 Å². The van der Waals surface area contributed by atoms with Gasteiger partial charge in [0.25, 0.3) is 0 Å². The smallest absolute Gasteiger partial charge is 0.220 e. The summed E-state index contributed by atoms with van der Waals surface area (Å²) in [5, 5.41) is 6.60. The van der Waals surface area contributed by atoms with Gasteiger partial charge in [0, 0.05) is 31.7 Å². The van der Waals surface area contributed by atoms with Crippen LogP contribution in [0.1, 0.15) is 38.5 Å². The van der Waals surface area contributed by atoms with Gasteiger partial charge in [-0.25, -0.2) is 4.98 Å². The second-order valence-electron chi connectivity index (χ2n) is 6.75. The number of nitrogens with zero attached hydrogens (tertiary/aromatic N) is 2. The minimum Gasteiger partial charge on any atom is -0.356 e. The minimum atomic E-state index is 0. The highest BCUT2D eigenvalue weighted by atomic mass is 35.5. The van der Waals surface area contributed by atoms with Crippen molar-refractivity contribution in [3.05, 3.63) is 24.4 Å². The monoisotopic (exact) mass is 388 g/mol. The predicted octanol–water partition coefficient (Wildman–Crippen LogP) is 2.79. The summed E-state index contributed by atoms with van der Waals surface area (Å²) in [5.41, 5.74) is 0. The van der Waals surface area contributed by atoms with Gasteiger partial charge in [0.15, 0.2) is 0 Å². The highest BCUT2D eigenvalue weighted by molar-refractivity contribution is 5.85. The fourth-order valence-electron chi connectivity index (χ4n) is 3.60. The Labute approximate surface area is 163 Å². The van der Waals surface area contributed by atoms with E-state index in [1.165, 1.54) is 12.8 Å². The lowest BCUT2D eigenvalue weighted by molar-refractivity contribution is -0.122. The molecule has 5 nitrogen and oxygen atoms in total. The lowest BCUT2D eigenvalue weighted by Gasteiger charge is -2.33. The Morgan fingerprint density at radius 2 is 1.88 bits per heavy atom. The molecular weight excluding hydrogens is 359 g/mol. The van der Waals surface area contributed by atoms with Crippen molar-refractivity contribution in [3.8, 4) is 0 Å². The number of hydrogen-bond donors (Lipinski definition) is 2. The Morgan fingerprint density at radius 3 is 2.52 bits per heavy atom. The Balaban J connectivity index is 0.00000156. The van der Waals surface area contributed by atoms with Crippen molar-refractivity contribution in [1.82, 2.24) is 15.6 Å². The molecule has 0 aliphatic carbocycles. The average molecular weight is 389 g/mol. The molecule has 0 spiro atoms. The average Bonchev–Trinajstić information content (AvgIpc) is 2.62. The van der Waals surface area contributed by atoms with Gasteiger partial charge in [-0.05, 0) is 63.2 Å². The van der Waals surface area contributed by atoms with Crippen molar-refractivity contribution in [1.29, 1.82) is 0 Å². The molecule has 0 bridgehead atoms. The van der Waals surface area contributed by atoms with Crippen LogP contribution in [0.3, 0.4) is 0 Å². The summed E-state index contributed by atoms with van der Waals surface area (Å²) in [6, 6.07) is 6.35. The number of carbonyl (C=O) groups is 1. The largest absolute Gasteiger partial charge is 0.356 e. The summed E-state index contributed by atoms with van der Waals surface area (Å²) >= 11 is 0. The van der Waals surface area contributed by atoms with Crippen LogP contribution in [0, 0.1) is 5.92 Å². The number of amides is 1. The first-order valence-corrected chi connectivity index (χ1v) is 8.97. The van der Waals surface area contributed by atoms with Gasteiger partial charge in [0.1, 0.15) is 5.82 Å². The van der Waals surface area contributed by atoms with Crippen LogP contribution < -0.4 is 15.5 Å². The molecule has 1 aromatic heterocycles. The third-order valence-electron chi connectivity index (χ3n) is 5.07. The van der Waals surface area contributed by atoms with Crippen LogP contribution in [0.5, 0.6) is 0 Å². The number of piperidine rings is 2. The third kappa shape index (κ3) is 7.00. The third-order valence-corrected chi connectivity index (χ3v) is 5.07. The fraction of sp³-hybridized carbons (Fsp3) is 0.667. The summed E-state index contributed by atoms with van der Waals surface area (Å²) in [6.07, 6.45) is 8.02. The maximum Gasteiger partial charge on any atom is 0.220 e. The summed E-state index contributed by atoms with van der Waals surface area (Å²) in [6.45, 7) is 4.16. The zero-order valence-electron chi connectivity index (χ0n) is 14.7. The Kier molecular flexibility index (Phi) is 10.2. The molecule has 2 saturated heterocycles. The van der Waals surface area contributed by atoms with E-state index in [0.717, 1.165) is 57.2 Å². The number of carbonyl (C=O) groups excluding carboxylic acids is 1. The van der Waals surface area contributed by atoms with Gasteiger partial charge in [-0.2, -0.15) is 0 Å². The summed E-state index contributed by atoms with van der Waals surface area (Å²) in [5.74, 6) is 2.01. The van der Waals surface area contributed by atoms with Crippen molar-refractivity contribution in [2.75, 3.05) is 31.1 Å². The SMILES string of the molecule is Cl.Cl.O=C(CCC1CCNCC1)NC1CCN(c2ccccn2)CC1. The normalized spacial score (nSPS) is 18.8. The molecule has 2 N–H and O–H groups in total. The molecule has 0 saturated carbocycles. The second kappa shape index (κ2) is 11.6. The van der Waals surface area contributed by atoms with E-state index < -0.39 is 0 Å². The minimum absolute atomic E-state index is 0. The number of hydrogen-bond acceptors (Lipinski definition) is 4. The molecule has 25 heavy (non-hydrogen) atoms. The topological polar surface area (TPSA) is 57.3 Å². The standard InChI is InChI=1S/C18H28N4O.2ClH/c23-18(5-4-15-6-11-19-12-7-15)21-16-8-13-22(14-9-16)17-3-1-2-10-20-17;;/h1-3,10,15-16,19H,4-9,11-14H2,(H,21,23);2*1H. The number of aromatic nitrogens is 1. The molecule has 3 heterocycles. The first-order chi connectivity index (χ1) is 11.3. The molecular formula is C18H30Cl2N4O. The van der Waals surface area contributed by atoms with Crippen LogP contribution in [0.25, 0.3) is 0 Å². The first-order valence-electron chi connectivity index (χ1n) is 8.97. The molecule has 0 aromatic carbocycles. The Bertz CT molecular complexity index is 489. The molecule has 0 unspecified atom stereocenters. The van der Waals surface area contributed by atoms with E-state index in [4.69, 9.17) is 0 Å². The van der Waals surface area contributed by atoms with Crippen molar-refractivity contribution >= 4 is 36.5 Å². The molecule has 7 heteroatoms. The maximum absolute atomic E-state index is 12.2. The van der Waals surface area contributed by atoms with Gasteiger partial charge in [0.2, 0.25) is 5.91 Å². The van der Waals surface area contributed by atoms with Crippen LogP contribution in [-0.2, 0) is 4.79 Å². The zero-order chi connectivity index (χ0) is 15.9. The van der Waals surface area contributed by atoms with Gasteiger partial charge in [-0.3, -0.25) is 4.79 Å². The van der Waals surface area contributed by atoms with Crippen LogP contribution >= 0.6 is 24.8 Å². The summed E-state index contributed by atoms with van der Waals surface area (Å²) < 4.78 is 0. The number of anilines is 1. The van der Waals surface area contributed by atoms with E-state index >= 15 is 0 Å². The van der Waals surface area contributed by atoms with Crippen molar-refractivity contribution < 1.29 is 4.79 Å². The van der Waals surface area contributed by atoms with Gasteiger partial charge >= 0.3 is 0 Å². The van der Waals surface area contributed by atoms with Gasteiger partial charge < -0.3 is 15.5 Å².